The van der Waals surface area contributed by atoms with E-state index in [2.05, 4.69) is 15.9 Å². The first-order chi connectivity index (χ1) is 8.91. The largest absolute Gasteiger partial charge is 0.284 e. The summed E-state index contributed by atoms with van der Waals surface area (Å²) in [5.74, 6) is -0.616. The number of likely N-dealkylation sites (tertiary alicyclic amines) is 1. The van der Waals surface area contributed by atoms with E-state index >= 15 is 0 Å². The Morgan fingerprint density at radius 1 is 1.53 bits per heavy atom. The monoisotopic (exact) mass is 326 g/mol. The van der Waals surface area contributed by atoms with E-state index in [0.717, 1.165) is 4.90 Å². The lowest BCUT2D eigenvalue weighted by Gasteiger charge is -2.14. The molecule has 100 valence electrons. The number of nitro groups is 1. The minimum absolute atomic E-state index is 0.109. The van der Waals surface area contributed by atoms with Crippen LogP contribution in [-0.2, 0) is 4.79 Å². The molecule has 0 saturated carbocycles. The molecule has 0 bridgehead atoms. The molecule has 6 nitrogen and oxygen atoms in total. The van der Waals surface area contributed by atoms with Gasteiger partial charge in [0.1, 0.15) is 4.47 Å². The molecule has 1 unspecified atom stereocenters. The number of hydrogen-bond donors (Lipinski definition) is 0. The molecule has 1 atom stereocenters. The van der Waals surface area contributed by atoms with Crippen LogP contribution in [0.25, 0.3) is 0 Å². The van der Waals surface area contributed by atoms with Crippen LogP contribution in [0.15, 0.2) is 22.7 Å². The van der Waals surface area contributed by atoms with Gasteiger partial charge in [0.25, 0.3) is 11.6 Å². The van der Waals surface area contributed by atoms with Gasteiger partial charge >= 0.3 is 0 Å². The number of imide groups is 1. The first-order valence-electron chi connectivity index (χ1n) is 5.69. The second kappa shape index (κ2) is 5.08. The van der Waals surface area contributed by atoms with Crippen molar-refractivity contribution in [2.45, 2.75) is 13.3 Å². The zero-order valence-corrected chi connectivity index (χ0v) is 11.7. The molecule has 1 fully saturated rings. The number of nitro benzene ring substituents is 1. The summed E-state index contributed by atoms with van der Waals surface area (Å²) in [7, 11) is 0. The SMILES string of the molecule is CC1CC(=O)N(C(=O)c2cccc([N+](=O)[O-])c2Br)C1. The van der Waals surface area contributed by atoms with Crippen LogP contribution in [0.4, 0.5) is 5.69 Å². The lowest BCUT2D eigenvalue weighted by molar-refractivity contribution is -0.385. The van der Waals surface area contributed by atoms with Gasteiger partial charge in [-0.3, -0.25) is 24.6 Å². The zero-order chi connectivity index (χ0) is 14.2. The fraction of sp³-hybridized carbons (Fsp3) is 0.333. The molecule has 0 aliphatic carbocycles. The summed E-state index contributed by atoms with van der Waals surface area (Å²) in [5.41, 5.74) is -0.0535. The number of rotatable bonds is 2. The average molecular weight is 327 g/mol. The third-order valence-electron chi connectivity index (χ3n) is 2.97. The van der Waals surface area contributed by atoms with Crippen molar-refractivity contribution in [3.8, 4) is 0 Å². The van der Waals surface area contributed by atoms with Crippen molar-refractivity contribution in [1.82, 2.24) is 4.90 Å². The summed E-state index contributed by atoms with van der Waals surface area (Å²) in [5, 5.41) is 10.8. The van der Waals surface area contributed by atoms with Gasteiger partial charge in [0.2, 0.25) is 5.91 Å². The Balaban J connectivity index is 2.37. The van der Waals surface area contributed by atoms with Crippen molar-refractivity contribution >= 4 is 33.4 Å². The molecule has 1 aliphatic heterocycles. The number of halogens is 1. The summed E-state index contributed by atoms with van der Waals surface area (Å²) < 4.78 is 0.109. The Kier molecular flexibility index (Phi) is 3.66. The van der Waals surface area contributed by atoms with Gasteiger partial charge in [0.15, 0.2) is 0 Å². The summed E-state index contributed by atoms with van der Waals surface area (Å²) in [4.78, 5) is 35.3. The minimum Gasteiger partial charge on any atom is -0.278 e. The summed E-state index contributed by atoms with van der Waals surface area (Å²) >= 11 is 3.06. The van der Waals surface area contributed by atoms with Crippen LogP contribution in [0.5, 0.6) is 0 Å². The van der Waals surface area contributed by atoms with E-state index in [1.54, 1.807) is 0 Å². The van der Waals surface area contributed by atoms with Crippen molar-refractivity contribution in [3.05, 3.63) is 38.3 Å². The van der Waals surface area contributed by atoms with Crippen LogP contribution in [0.2, 0.25) is 0 Å². The van der Waals surface area contributed by atoms with Crippen molar-refractivity contribution in [1.29, 1.82) is 0 Å². The molecule has 2 amide bonds. The number of amides is 2. The molecule has 1 aromatic carbocycles. The van der Waals surface area contributed by atoms with E-state index in [1.165, 1.54) is 18.2 Å². The highest BCUT2D eigenvalue weighted by Crippen LogP contribution is 2.30. The highest BCUT2D eigenvalue weighted by Gasteiger charge is 2.33. The van der Waals surface area contributed by atoms with E-state index in [0.29, 0.717) is 13.0 Å². The molecule has 1 heterocycles. The van der Waals surface area contributed by atoms with Gasteiger partial charge in [-0.05, 0) is 27.9 Å². The molecule has 1 aromatic rings. The summed E-state index contributed by atoms with van der Waals surface area (Å²) in [6.45, 7) is 2.24. The predicted molar refractivity (Wildman–Crippen MR) is 70.6 cm³/mol. The van der Waals surface area contributed by atoms with Crippen LogP contribution in [0.1, 0.15) is 23.7 Å². The third-order valence-corrected chi connectivity index (χ3v) is 3.80. The Hall–Kier alpha value is -1.76. The maximum absolute atomic E-state index is 12.3. The molecule has 2 rings (SSSR count). The van der Waals surface area contributed by atoms with Crippen LogP contribution >= 0.6 is 15.9 Å². The number of carbonyl (C=O) groups excluding carboxylic acids is 2. The molecule has 7 heteroatoms. The fourth-order valence-electron chi connectivity index (χ4n) is 2.05. The van der Waals surface area contributed by atoms with Crippen LogP contribution in [0.3, 0.4) is 0 Å². The first-order valence-corrected chi connectivity index (χ1v) is 6.48. The topological polar surface area (TPSA) is 80.5 Å². The Labute approximate surface area is 117 Å². The third kappa shape index (κ3) is 2.51. The van der Waals surface area contributed by atoms with Crippen molar-refractivity contribution in [2.75, 3.05) is 6.54 Å². The van der Waals surface area contributed by atoms with Gasteiger partial charge in [-0.1, -0.05) is 13.0 Å². The number of nitrogens with zero attached hydrogens (tertiary/aromatic N) is 2. The highest BCUT2D eigenvalue weighted by molar-refractivity contribution is 9.10. The second-order valence-corrected chi connectivity index (χ2v) is 5.31. The predicted octanol–water partition coefficient (Wildman–Crippen LogP) is 2.37. The average Bonchev–Trinajstić information content (AvgIpc) is 2.67. The van der Waals surface area contributed by atoms with Crippen LogP contribution in [-0.4, -0.2) is 28.2 Å². The molecule has 1 aliphatic rings. The van der Waals surface area contributed by atoms with Crippen molar-refractivity contribution in [3.63, 3.8) is 0 Å². The highest BCUT2D eigenvalue weighted by atomic mass is 79.9. The Morgan fingerprint density at radius 3 is 2.74 bits per heavy atom. The quantitative estimate of drug-likeness (QED) is 0.474. The van der Waals surface area contributed by atoms with Crippen molar-refractivity contribution in [2.24, 2.45) is 5.92 Å². The normalized spacial score (nSPS) is 18.7. The number of hydrogen-bond acceptors (Lipinski definition) is 4. The Morgan fingerprint density at radius 2 is 2.21 bits per heavy atom. The van der Waals surface area contributed by atoms with E-state index in [-0.39, 0.29) is 27.5 Å². The standard InChI is InChI=1S/C12H11BrN2O4/c1-7-5-10(16)14(6-7)12(17)8-3-2-4-9(11(8)13)15(18)19/h2-4,7H,5-6H2,1H3. The first kappa shape index (κ1) is 13.7. The molecule has 19 heavy (non-hydrogen) atoms. The molecule has 1 saturated heterocycles. The van der Waals surface area contributed by atoms with E-state index < -0.39 is 10.8 Å². The van der Waals surface area contributed by atoms with Gasteiger partial charge in [-0.15, -0.1) is 0 Å². The summed E-state index contributed by atoms with van der Waals surface area (Å²) in [6, 6.07) is 4.20. The molecular formula is C12H11BrN2O4. The van der Waals surface area contributed by atoms with Gasteiger partial charge in [0.05, 0.1) is 10.5 Å². The second-order valence-electron chi connectivity index (χ2n) is 4.51. The zero-order valence-electron chi connectivity index (χ0n) is 10.1. The number of carbonyl (C=O) groups is 2. The fourth-order valence-corrected chi connectivity index (χ4v) is 2.63. The maximum atomic E-state index is 12.3. The number of benzene rings is 1. The molecule has 0 N–H and O–H groups in total. The lowest BCUT2D eigenvalue weighted by atomic mass is 10.1. The lowest BCUT2D eigenvalue weighted by Crippen LogP contribution is -2.32. The van der Waals surface area contributed by atoms with E-state index in [9.17, 15) is 19.7 Å². The molecule has 0 aromatic heterocycles. The molecule has 0 spiro atoms. The van der Waals surface area contributed by atoms with Gasteiger partial charge < -0.3 is 0 Å². The van der Waals surface area contributed by atoms with E-state index in [4.69, 9.17) is 0 Å². The van der Waals surface area contributed by atoms with E-state index in [1.807, 2.05) is 6.92 Å². The minimum atomic E-state index is -0.574. The van der Waals surface area contributed by atoms with Crippen molar-refractivity contribution < 1.29 is 14.5 Å². The van der Waals surface area contributed by atoms with Crippen LogP contribution < -0.4 is 0 Å². The summed E-state index contributed by atoms with van der Waals surface area (Å²) in [6.07, 6.45) is 0.332. The van der Waals surface area contributed by atoms with Crippen LogP contribution in [0, 0.1) is 16.0 Å². The van der Waals surface area contributed by atoms with Gasteiger partial charge in [0, 0.05) is 19.0 Å². The smallest absolute Gasteiger partial charge is 0.278 e. The maximum Gasteiger partial charge on any atom is 0.284 e. The van der Waals surface area contributed by atoms with Gasteiger partial charge in [-0.2, -0.15) is 0 Å². The van der Waals surface area contributed by atoms with Gasteiger partial charge in [-0.25, -0.2) is 0 Å². The Bertz CT molecular complexity index is 573. The molecular weight excluding hydrogens is 316 g/mol. The molecule has 0 radical (unpaired) electrons.